The summed E-state index contributed by atoms with van der Waals surface area (Å²) in [5.74, 6) is 2.38. The Morgan fingerprint density at radius 2 is 2.26 bits per heavy atom. The third-order valence-electron chi connectivity index (χ3n) is 7.76. The van der Waals surface area contributed by atoms with E-state index >= 15 is 0 Å². The summed E-state index contributed by atoms with van der Waals surface area (Å²) in [6.45, 7) is 2.75. The van der Waals surface area contributed by atoms with Gasteiger partial charge in [0.2, 0.25) is 6.29 Å². The van der Waals surface area contributed by atoms with Crippen molar-refractivity contribution in [2.75, 3.05) is 13.7 Å². The van der Waals surface area contributed by atoms with Crippen molar-refractivity contribution < 1.29 is 19.3 Å². The van der Waals surface area contributed by atoms with Crippen molar-refractivity contribution in [3.8, 4) is 0 Å². The molecule has 4 heteroatoms. The second kappa shape index (κ2) is 4.74. The second-order valence-electron chi connectivity index (χ2n) is 8.57. The van der Waals surface area contributed by atoms with Crippen LogP contribution in [-0.2, 0) is 14.2 Å². The molecule has 4 fully saturated rings. The Hall–Kier alpha value is -0.580. The van der Waals surface area contributed by atoms with Crippen LogP contribution in [0.1, 0.15) is 39.0 Å². The van der Waals surface area contributed by atoms with Gasteiger partial charge in [0.25, 0.3) is 0 Å². The van der Waals surface area contributed by atoms with Crippen LogP contribution in [0.4, 0.5) is 0 Å². The maximum atomic E-state index is 11.2. The van der Waals surface area contributed by atoms with E-state index in [9.17, 15) is 5.11 Å². The van der Waals surface area contributed by atoms with Crippen LogP contribution >= 0.6 is 0 Å². The number of methoxy groups -OCH3 is 1. The molecule has 5 rings (SSSR count). The summed E-state index contributed by atoms with van der Waals surface area (Å²) in [7, 11) is 1.70. The van der Waals surface area contributed by atoms with Crippen LogP contribution in [0.25, 0.3) is 0 Å². The zero-order chi connectivity index (χ0) is 15.8. The molecule has 0 bridgehead atoms. The SMILES string of the molecule is COC[C@]1(O)CC[C@H]2[C@@H]3CCC4=COC5OC5[C@H]4[C@H]3[CH]C[C@@]21C. The molecule has 1 saturated heterocycles. The van der Waals surface area contributed by atoms with Gasteiger partial charge >= 0.3 is 0 Å². The molecule has 2 heterocycles. The molecule has 3 aliphatic carbocycles. The summed E-state index contributed by atoms with van der Waals surface area (Å²) in [4.78, 5) is 0. The highest BCUT2D eigenvalue weighted by molar-refractivity contribution is 5.25. The Morgan fingerprint density at radius 3 is 3.09 bits per heavy atom. The lowest BCUT2D eigenvalue weighted by molar-refractivity contribution is -0.134. The number of hydrogen-bond acceptors (Lipinski definition) is 4. The van der Waals surface area contributed by atoms with Gasteiger partial charge < -0.3 is 19.3 Å². The maximum absolute atomic E-state index is 11.2. The lowest BCUT2D eigenvalue weighted by Crippen LogP contribution is -2.55. The van der Waals surface area contributed by atoms with Crippen molar-refractivity contribution in [3.05, 3.63) is 18.3 Å². The van der Waals surface area contributed by atoms with Crippen LogP contribution in [0, 0.1) is 35.5 Å². The zero-order valence-electron chi connectivity index (χ0n) is 14.0. The molecule has 1 radical (unpaired) electrons. The molecule has 4 nitrogen and oxygen atoms in total. The number of aliphatic hydroxyl groups is 1. The molecule has 2 unspecified atom stereocenters. The Kier molecular flexibility index (Phi) is 3.04. The molecule has 0 aromatic heterocycles. The standard InChI is InChI=1S/C19H27O4/c1-18-7-5-13-12(14(18)6-8-19(18,20)10-21-2)4-3-11-9-22-17-16(23-17)15(11)13/h5,9,12-17,20H,3-4,6-8,10H2,1-2H3/t12-,13+,14+,15-,16?,17?,18+,19-/m1/s1. The van der Waals surface area contributed by atoms with E-state index in [2.05, 4.69) is 13.3 Å². The Labute approximate surface area is 138 Å². The summed E-state index contributed by atoms with van der Waals surface area (Å²) in [6.07, 6.45) is 10.1. The monoisotopic (exact) mass is 319 g/mol. The Morgan fingerprint density at radius 1 is 1.39 bits per heavy atom. The van der Waals surface area contributed by atoms with Gasteiger partial charge in [-0.2, -0.15) is 0 Å². The quantitative estimate of drug-likeness (QED) is 0.795. The minimum absolute atomic E-state index is 0.0122. The number of fused-ring (bicyclic) bond motifs is 7. The Balaban J connectivity index is 1.45. The third-order valence-corrected chi connectivity index (χ3v) is 7.76. The molecule has 0 aromatic rings. The fourth-order valence-corrected chi connectivity index (χ4v) is 6.42. The largest absolute Gasteiger partial charge is 0.470 e. The van der Waals surface area contributed by atoms with Crippen LogP contribution < -0.4 is 0 Å². The van der Waals surface area contributed by atoms with Gasteiger partial charge in [-0.05, 0) is 61.9 Å². The highest BCUT2D eigenvalue weighted by atomic mass is 16.8. The van der Waals surface area contributed by atoms with Gasteiger partial charge in [-0.1, -0.05) is 6.92 Å². The normalized spacial score (nSPS) is 56.6. The van der Waals surface area contributed by atoms with Gasteiger partial charge in [0, 0.05) is 18.4 Å². The van der Waals surface area contributed by atoms with Gasteiger partial charge in [-0.25, -0.2) is 0 Å². The molecular formula is C19H27O4. The van der Waals surface area contributed by atoms with Crippen molar-refractivity contribution in [1.82, 2.24) is 0 Å². The van der Waals surface area contributed by atoms with Crippen LogP contribution in [0.15, 0.2) is 11.8 Å². The zero-order valence-corrected chi connectivity index (χ0v) is 14.0. The van der Waals surface area contributed by atoms with E-state index < -0.39 is 5.60 Å². The van der Waals surface area contributed by atoms with Crippen molar-refractivity contribution in [3.63, 3.8) is 0 Å². The van der Waals surface area contributed by atoms with Gasteiger partial charge in [0.1, 0.15) is 6.10 Å². The van der Waals surface area contributed by atoms with E-state index in [1.165, 1.54) is 12.0 Å². The topological polar surface area (TPSA) is 51.2 Å². The molecule has 0 amide bonds. The van der Waals surface area contributed by atoms with Crippen molar-refractivity contribution in [2.24, 2.45) is 29.1 Å². The summed E-state index contributed by atoms with van der Waals surface area (Å²) < 4.78 is 16.7. The van der Waals surface area contributed by atoms with E-state index in [1.807, 2.05) is 6.26 Å². The van der Waals surface area contributed by atoms with Crippen molar-refractivity contribution in [2.45, 2.75) is 57.0 Å². The Bertz CT molecular complexity index is 545. The molecule has 2 aliphatic heterocycles. The lowest BCUT2D eigenvalue weighted by atomic mass is 9.51. The third kappa shape index (κ3) is 1.83. The first-order valence-corrected chi connectivity index (χ1v) is 9.12. The van der Waals surface area contributed by atoms with Crippen molar-refractivity contribution in [1.29, 1.82) is 0 Å². The van der Waals surface area contributed by atoms with Gasteiger partial charge in [-0.15, -0.1) is 0 Å². The van der Waals surface area contributed by atoms with Crippen LogP contribution in [-0.4, -0.2) is 36.8 Å². The molecule has 1 N–H and O–H groups in total. The smallest absolute Gasteiger partial charge is 0.226 e. The molecule has 23 heavy (non-hydrogen) atoms. The fraction of sp³-hybridized carbons (Fsp3) is 0.842. The predicted octanol–water partition coefficient (Wildman–Crippen LogP) is 2.67. The highest BCUT2D eigenvalue weighted by Crippen LogP contribution is 2.65. The molecule has 127 valence electrons. The number of ether oxygens (including phenoxy) is 3. The van der Waals surface area contributed by atoms with E-state index in [-0.39, 0.29) is 17.8 Å². The van der Waals surface area contributed by atoms with E-state index in [0.717, 1.165) is 25.7 Å². The molecule has 5 aliphatic rings. The highest BCUT2D eigenvalue weighted by Gasteiger charge is 2.65. The molecular weight excluding hydrogens is 292 g/mol. The average Bonchev–Trinajstić information content (AvgIpc) is 3.28. The van der Waals surface area contributed by atoms with E-state index in [1.54, 1.807) is 7.11 Å². The maximum Gasteiger partial charge on any atom is 0.226 e. The first-order chi connectivity index (χ1) is 11.1. The number of hydrogen-bond donors (Lipinski definition) is 1. The average molecular weight is 319 g/mol. The summed E-state index contributed by atoms with van der Waals surface area (Å²) in [5, 5.41) is 11.2. The minimum Gasteiger partial charge on any atom is -0.470 e. The van der Waals surface area contributed by atoms with Gasteiger partial charge in [-0.3, -0.25) is 0 Å². The van der Waals surface area contributed by atoms with Crippen LogP contribution in [0.3, 0.4) is 0 Å². The fourth-order valence-electron chi connectivity index (χ4n) is 6.42. The molecule has 8 atom stereocenters. The summed E-state index contributed by atoms with van der Waals surface area (Å²) in [6, 6.07) is 0. The number of epoxide rings is 1. The van der Waals surface area contributed by atoms with Crippen LogP contribution in [0.5, 0.6) is 0 Å². The summed E-state index contributed by atoms with van der Waals surface area (Å²) in [5.41, 5.74) is 0.744. The lowest BCUT2D eigenvalue weighted by Gasteiger charge is -2.55. The molecule has 3 saturated carbocycles. The molecule has 0 spiro atoms. The first-order valence-electron chi connectivity index (χ1n) is 9.12. The van der Waals surface area contributed by atoms with E-state index in [4.69, 9.17) is 14.2 Å². The first kappa shape index (κ1) is 14.7. The predicted molar refractivity (Wildman–Crippen MR) is 84.1 cm³/mol. The van der Waals surface area contributed by atoms with Gasteiger partial charge in [0.15, 0.2) is 0 Å². The second-order valence-corrected chi connectivity index (χ2v) is 8.57. The van der Waals surface area contributed by atoms with E-state index in [0.29, 0.717) is 30.3 Å². The minimum atomic E-state index is -0.668. The molecule has 0 aromatic carbocycles. The van der Waals surface area contributed by atoms with Gasteiger partial charge in [0.05, 0.1) is 18.5 Å². The van der Waals surface area contributed by atoms with Crippen molar-refractivity contribution >= 4 is 0 Å². The van der Waals surface area contributed by atoms with Crippen LogP contribution in [0.2, 0.25) is 0 Å². The number of rotatable bonds is 2. The summed E-state index contributed by atoms with van der Waals surface area (Å²) >= 11 is 0.